The topological polar surface area (TPSA) is 81.5 Å². The van der Waals surface area contributed by atoms with Gasteiger partial charge in [-0.25, -0.2) is 0 Å². The van der Waals surface area contributed by atoms with Gasteiger partial charge in [0.25, 0.3) is 11.6 Å². The van der Waals surface area contributed by atoms with Gasteiger partial charge < -0.3 is 10.1 Å². The first-order valence-corrected chi connectivity index (χ1v) is 5.92. The Morgan fingerprint density at radius 2 is 2.16 bits per heavy atom. The van der Waals surface area contributed by atoms with E-state index in [2.05, 4.69) is 5.32 Å². The SMILES string of the molecule is COC(C)(C)CNC(=O)c1ccc([N+](=O)[O-])c(Cl)c1. The number of nitrogens with zero attached hydrogens (tertiary/aromatic N) is 1. The van der Waals surface area contributed by atoms with Crippen LogP contribution >= 0.6 is 11.6 Å². The molecule has 1 rings (SSSR count). The molecular weight excluding hydrogens is 272 g/mol. The van der Waals surface area contributed by atoms with Gasteiger partial charge in [-0.1, -0.05) is 11.6 Å². The Kier molecular flexibility index (Phi) is 4.85. The molecule has 6 nitrogen and oxygen atoms in total. The molecule has 104 valence electrons. The molecule has 0 saturated heterocycles. The van der Waals surface area contributed by atoms with Crippen LogP contribution in [0, 0.1) is 10.1 Å². The number of carbonyl (C=O) groups excluding carboxylic acids is 1. The zero-order valence-electron chi connectivity index (χ0n) is 10.9. The van der Waals surface area contributed by atoms with E-state index in [1.54, 1.807) is 7.11 Å². The van der Waals surface area contributed by atoms with Crippen molar-refractivity contribution in [3.05, 3.63) is 38.9 Å². The molecule has 0 atom stereocenters. The Hall–Kier alpha value is -1.66. The number of nitro benzene ring substituents is 1. The van der Waals surface area contributed by atoms with E-state index in [-0.39, 0.29) is 22.2 Å². The number of hydrogen-bond acceptors (Lipinski definition) is 4. The summed E-state index contributed by atoms with van der Waals surface area (Å²) in [5.41, 5.74) is -0.446. The number of ether oxygens (including phenoxy) is 1. The van der Waals surface area contributed by atoms with Gasteiger partial charge in [0.05, 0.1) is 10.5 Å². The minimum absolute atomic E-state index is 0.0661. The van der Waals surface area contributed by atoms with E-state index in [0.717, 1.165) is 0 Å². The summed E-state index contributed by atoms with van der Waals surface area (Å²) in [6.07, 6.45) is 0. The molecule has 19 heavy (non-hydrogen) atoms. The normalized spacial score (nSPS) is 11.2. The molecule has 0 heterocycles. The molecule has 1 aromatic rings. The van der Waals surface area contributed by atoms with E-state index < -0.39 is 10.5 Å². The van der Waals surface area contributed by atoms with Crippen LogP contribution in [0.2, 0.25) is 5.02 Å². The Morgan fingerprint density at radius 3 is 2.63 bits per heavy atom. The van der Waals surface area contributed by atoms with Crippen LogP contribution in [0.1, 0.15) is 24.2 Å². The molecule has 7 heteroatoms. The van der Waals surface area contributed by atoms with Gasteiger partial charge in [0, 0.05) is 25.3 Å². The van der Waals surface area contributed by atoms with Crippen LogP contribution in [0.5, 0.6) is 0 Å². The number of amides is 1. The number of carbonyl (C=O) groups is 1. The van der Waals surface area contributed by atoms with Gasteiger partial charge in [-0.3, -0.25) is 14.9 Å². The molecule has 0 aliphatic carbocycles. The zero-order valence-corrected chi connectivity index (χ0v) is 11.7. The van der Waals surface area contributed by atoms with Crippen molar-refractivity contribution >= 4 is 23.2 Å². The number of halogens is 1. The highest BCUT2D eigenvalue weighted by Crippen LogP contribution is 2.24. The highest BCUT2D eigenvalue weighted by Gasteiger charge is 2.19. The summed E-state index contributed by atoms with van der Waals surface area (Å²) in [6.45, 7) is 3.98. The van der Waals surface area contributed by atoms with Crippen molar-refractivity contribution in [1.82, 2.24) is 5.32 Å². The van der Waals surface area contributed by atoms with Gasteiger partial charge in [0.1, 0.15) is 5.02 Å². The first kappa shape index (κ1) is 15.4. The van der Waals surface area contributed by atoms with E-state index >= 15 is 0 Å². The van der Waals surface area contributed by atoms with Crippen molar-refractivity contribution in [2.24, 2.45) is 0 Å². The average Bonchev–Trinajstić information content (AvgIpc) is 2.35. The maximum absolute atomic E-state index is 11.8. The third-order valence-corrected chi connectivity index (χ3v) is 2.94. The zero-order chi connectivity index (χ0) is 14.6. The number of nitrogens with one attached hydrogen (secondary N) is 1. The van der Waals surface area contributed by atoms with E-state index in [1.165, 1.54) is 18.2 Å². The standard InChI is InChI=1S/C12H15ClN2O4/c1-12(2,19-3)7-14-11(16)8-4-5-10(15(17)18)9(13)6-8/h4-6H,7H2,1-3H3,(H,14,16). The number of hydrogen-bond donors (Lipinski definition) is 1. The smallest absolute Gasteiger partial charge is 0.287 e. The van der Waals surface area contributed by atoms with Gasteiger partial charge in [0.15, 0.2) is 0 Å². The van der Waals surface area contributed by atoms with Gasteiger partial charge in [-0.05, 0) is 26.0 Å². The highest BCUT2D eigenvalue weighted by atomic mass is 35.5. The Labute approximate surface area is 115 Å². The van der Waals surface area contributed by atoms with Crippen LogP contribution < -0.4 is 5.32 Å². The monoisotopic (exact) mass is 286 g/mol. The van der Waals surface area contributed by atoms with Crippen molar-refractivity contribution in [2.75, 3.05) is 13.7 Å². The fourth-order valence-electron chi connectivity index (χ4n) is 1.26. The van der Waals surface area contributed by atoms with Crippen molar-refractivity contribution in [3.63, 3.8) is 0 Å². The first-order valence-electron chi connectivity index (χ1n) is 5.54. The maximum Gasteiger partial charge on any atom is 0.287 e. The molecule has 0 aliphatic heterocycles. The average molecular weight is 287 g/mol. The summed E-state index contributed by atoms with van der Waals surface area (Å²) < 4.78 is 5.17. The predicted molar refractivity (Wildman–Crippen MR) is 71.5 cm³/mol. The minimum atomic E-state index is -0.599. The minimum Gasteiger partial charge on any atom is -0.377 e. The quantitative estimate of drug-likeness (QED) is 0.665. The molecule has 1 N–H and O–H groups in total. The molecule has 0 spiro atoms. The molecule has 0 saturated carbocycles. The van der Waals surface area contributed by atoms with Gasteiger partial charge in [-0.15, -0.1) is 0 Å². The summed E-state index contributed by atoms with van der Waals surface area (Å²) in [7, 11) is 1.55. The van der Waals surface area contributed by atoms with Crippen LogP contribution in [0.3, 0.4) is 0 Å². The second-order valence-corrected chi connectivity index (χ2v) is 4.98. The van der Waals surface area contributed by atoms with E-state index in [4.69, 9.17) is 16.3 Å². The lowest BCUT2D eigenvalue weighted by Crippen LogP contribution is -2.39. The third kappa shape index (κ3) is 4.18. The summed E-state index contributed by atoms with van der Waals surface area (Å²) >= 11 is 5.74. The van der Waals surface area contributed by atoms with E-state index in [1.807, 2.05) is 13.8 Å². The second kappa shape index (κ2) is 5.99. The fourth-order valence-corrected chi connectivity index (χ4v) is 1.51. The third-order valence-electron chi connectivity index (χ3n) is 2.63. The summed E-state index contributed by atoms with van der Waals surface area (Å²) in [4.78, 5) is 21.8. The van der Waals surface area contributed by atoms with Crippen molar-refractivity contribution < 1.29 is 14.5 Å². The second-order valence-electron chi connectivity index (χ2n) is 4.57. The summed E-state index contributed by atoms with van der Waals surface area (Å²) in [5, 5.41) is 13.2. The molecule has 1 amide bonds. The first-order chi connectivity index (χ1) is 8.76. The number of nitro groups is 1. The van der Waals surface area contributed by atoms with Gasteiger partial charge in [-0.2, -0.15) is 0 Å². The van der Waals surface area contributed by atoms with Crippen LogP contribution in [-0.4, -0.2) is 30.1 Å². The predicted octanol–water partition coefficient (Wildman–Crippen LogP) is 2.40. The lowest BCUT2D eigenvalue weighted by molar-refractivity contribution is -0.384. The largest absolute Gasteiger partial charge is 0.377 e. The van der Waals surface area contributed by atoms with Gasteiger partial charge in [0.2, 0.25) is 0 Å². The summed E-state index contributed by atoms with van der Waals surface area (Å²) in [6, 6.07) is 3.84. The Balaban J connectivity index is 2.79. The van der Waals surface area contributed by atoms with Crippen LogP contribution in [0.15, 0.2) is 18.2 Å². The van der Waals surface area contributed by atoms with Crippen LogP contribution in [-0.2, 0) is 4.74 Å². The lowest BCUT2D eigenvalue weighted by atomic mass is 10.1. The van der Waals surface area contributed by atoms with Crippen LogP contribution in [0.25, 0.3) is 0 Å². The molecule has 0 aromatic heterocycles. The molecule has 0 aliphatic rings. The van der Waals surface area contributed by atoms with Crippen molar-refractivity contribution in [3.8, 4) is 0 Å². The number of methoxy groups -OCH3 is 1. The molecule has 1 aromatic carbocycles. The Bertz CT molecular complexity index is 503. The molecule has 0 fully saturated rings. The fraction of sp³-hybridized carbons (Fsp3) is 0.417. The lowest BCUT2D eigenvalue weighted by Gasteiger charge is -2.23. The molecule has 0 unspecified atom stereocenters. The number of rotatable bonds is 5. The molecule has 0 bridgehead atoms. The van der Waals surface area contributed by atoms with E-state index in [0.29, 0.717) is 6.54 Å². The van der Waals surface area contributed by atoms with Crippen LogP contribution in [0.4, 0.5) is 5.69 Å². The highest BCUT2D eigenvalue weighted by molar-refractivity contribution is 6.33. The van der Waals surface area contributed by atoms with Crippen molar-refractivity contribution in [2.45, 2.75) is 19.4 Å². The van der Waals surface area contributed by atoms with Crippen molar-refractivity contribution in [1.29, 1.82) is 0 Å². The number of benzene rings is 1. The molecular formula is C12H15ClN2O4. The van der Waals surface area contributed by atoms with E-state index in [9.17, 15) is 14.9 Å². The summed E-state index contributed by atoms with van der Waals surface area (Å²) in [5.74, 6) is -0.359. The Morgan fingerprint density at radius 1 is 1.53 bits per heavy atom. The maximum atomic E-state index is 11.8. The van der Waals surface area contributed by atoms with Gasteiger partial charge >= 0.3 is 0 Å². The molecule has 0 radical (unpaired) electrons.